The second-order valence-electron chi connectivity index (χ2n) is 3.95. The first-order chi connectivity index (χ1) is 5.65. The Bertz CT molecular complexity index is 253. The molecule has 66 valence electrons. The third-order valence-electron chi connectivity index (χ3n) is 2.79. The van der Waals surface area contributed by atoms with Crippen molar-refractivity contribution >= 4 is 11.7 Å². The third-order valence-corrected chi connectivity index (χ3v) is 2.79. The number of amides is 1. The minimum absolute atomic E-state index is 0.0839. The van der Waals surface area contributed by atoms with Crippen LogP contribution in [0.4, 0.5) is 0 Å². The SMILES string of the molecule is CCC1N=C(C2(C)CC2)NC1=O. The molecule has 3 nitrogen and oxygen atoms in total. The van der Waals surface area contributed by atoms with Gasteiger partial charge >= 0.3 is 0 Å². The topological polar surface area (TPSA) is 41.5 Å². The van der Waals surface area contributed by atoms with Crippen LogP contribution in [0.2, 0.25) is 0 Å². The van der Waals surface area contributed by atoms with Crippen molar-refractivity contribution in [3.63, 3.8) is 0 Å². The van der Waals surface area contributed by atoms with Crippen LogP contribution in [0.1, 0.15) is 33.1 Å². The summed E-state index contributed by atoms with van der Waals surface area (Å²) in [5, 5.41) is 2.87. The van der Waals surface area contributed by atoms with E-state index in [0.717, 1.165) is 12.3 Å². The Balaban J connectivity index is 2.14. The molecule has 1 aliphatic carbocycles. The number of hydrogen-bond donors (Lipinski definition) is 1. The summed E-state index contributed by atoms with van der Waals surface area (Å²) >= 11 is 0. The zero-order chi connectivity index (χ0) is 8.77. The molecular formula is C9H14N2O. The Morgan fingerprint density at radius 3 is 2.75 bits per heavy atom. The zero-order valence-electron chi connectivity index (χ0n) is 7.55. The van der Waals surface area contributed by atoms with E-state index in [-0.39, 0.29) is 17.4 Å². The van der Waals surface area contributed by atoms with E-state index in [0.29, 0.717) is 0 Å². The van der Waals surface area contributed by atoms with E-state index < -0.39 is 0 Å². The van der Waals surface area contributed by atoms with Gasteiger partial charge < -0.3 is 5.32 Å². The first-order valence-electron chi connectivity index (χ1n) is 4.55. The summed E-state index contributed by atoms with van der Waals surface area (Å²) in [4.78, 5) is 15.6. The van der Waals surface area contributed by atoms with Crippen LogP contribution in [0.5, 0.6) is 0 Å². The average molecular weight is 166 g/mol. The molecule has 0 aromatic carbocycles. The second-order valence-corrected chi connectivity index (χ2v) is 3.95. The summed E-state index contributed by atoms with van der Waals surface area (Å²) in [6.45, 7) is 4.15. The van der Waals surface area contributed by atoms with E-state index in [9.17, 15) is 4.79 Å². The summed E-state index contributed by atoms with van der Waals surface area (Å²) in [7, 11) is 0. The number of rotatable bonds is 2. The first-order valence-corrected chi connectivity index (χ1v) is 4.55. The molecule has 1 fully saturated rings. The largest absolute Gasteiger partial charge is 0.312 e. The molecule has 0 spiro atoms. The van der Waals surface area contributed by atoms with E-state index in [1.54, 1.807) is 0 Å². The Hall–Kier alpha value is -0.860. The zero-order valence-corrected chi connectivity index (χ0v) is 7.55. The number of carbonyl (C=O) groups excluding carboxylic acids is 1. The molecule has 3 heteroatoms. The molecule has 12 heavy (non-hydrogen) atoms. The lowest BCUT2D eigenvalue weighted by atomic mass is 10.1. The van der Waals surface area contributed by atoms with Crippen LogP contribution in [0.15, 0.2) is 4.99 Å². The van der Waals surface area contributed by atoms with E-state index in [2.05, 4.69) is 17.2 Å². The molecule has 1 heterocycles. The fourth-order valence-electron chi connectivity index (χ4n) is 1.45. The van der Waals surface area contributed by atoms with Gasteiger partial charge in [0.2, 0.25) is 5.91 Å². The quantitative estimate of drug-likeness (QED) is 0.655. The molecular weight excluding hydrogens is 152 g/mol. The molecule has 1 atom stereocenters. The summed E-state index contributed by atoms with van der Waals surface area (Å²) in [6.07, 6.45) is 3.15. The Labute approximate surface area is 72.3 Å². The van der Waals surface area contributed by atoms with E-state index >= 15 is 0 Å². The van der Waals surface area contributed by atoms with Gasteiger partial charge in [-0.1, -0.05) is 13.8 Å². The van der Waals surface area contributed by atoms with Crippen LogP contribution in [0.25, 0.3) is 0 Å². The molecule has 1 N–H and O–H groups in total. The van der Waals surface area contributed by atoms with Gasteiger partial charge in [-0.15, -0.1) is 0 Å². The minimum atomic E-state index is -0.113. The van der Waals surface area contributed by atoms with Crippen molar-refractivity contribution in [2.45, 2.75) is 39.2 Å². The lowest BCUT2D eigenvalue weighted by Gasteiger charge is -2.05. The molecule has 0 aromatic rings. The molecule has 1 unspecified atom stereocenters. The second kappa shape index (κ2) is 2.31. The van der Waals surface area contributed by atoms with Gasteiger partial charge in [0.1, 0.15) is 11.9 Å². The Morgan fingerprint density at radius 1 is 1.67 bits per heavy atom. The normalized spacial score (nSPS) is 31.3. The molecule has 0 radical (unpaired) electrons. The van der Waals surface area contributed by atoms with Crippen LogP contribution in [-0.4, -0.2) is 17.8 Å². The predicted molar refractivity (Wildman–Crippen MR) is 47.0 cm³/mol. The Kier molecular flexibility index (Phi) is 1.50. The Morgan fingerprint density at radius 2 is 2.33 bits per heavy atom. The molecule has 1 amide bonds. The number of carbonyl (C=O) groups is 1. The molecule has 2 rings (SSSR count). The highest BCUT2D eigenvalue weighted by molar-refractivity contribution is 6.09. The smallest absolute Gasteiger partial charge is 0.250 e. The monoisotopic (exact) mass is 166 g/mol. The minimum Gasteiger partial charge on any atom is -0.312 e. The van der Waals surface area contributed by atoms with E-state index in [1.807, 2.05) is 6.92 Å². The van der Waals surface area contributed by atoms with Gasteiger partial charge in [0.25, 0.3) is 0 Å². The number of hydrogen-bond acceptors (Lipinski definition) is 2. The van der Waals surface area contributed by atoms with Crippen LogP contribution in [0, 0.1) is 5.41 Å². The highest BCUT2D eigenvalue weighted by Gasteiger charge is 2.46. The van der Waals surface area contributed by atoms with Crippen molar-refractivity contribution in [1.29, 1.82) is 0 Å². The van der Waals surface area contributed by atoms with E-state index in [1.165, 1.54) is 12.8 Å². The van der Waals surface area contributed by atoms with Gasteiger partial charge in [0.15, 0.2) is 0 Å². The predicted octanol–water partition coefficient (Wildman–Crippen LogP) is 1.09. The van der Waals surface area contributed by atoms with Gasteiger partial charge in [-0.25, -0.2) is 0 Å². The van der Waals surface area contributed by atoms with Crippen molar-refractivity contribution < 1.29 is 4.79 Å². The van der Waals surface area contributed by atoms with Gasteiger partial charge in [-0.05, 0) is 19.3 Å². The highest BCUT2D eigenvalue weighted by atomic mass is 16.2. The first kappa shape index (κ1) is 7.77. The lowest BCUT2D eigenvalue weighted by Crippen LogP contribution is -2.32. The lowest BCUT2D eigenvalue weighted by molar-refractivity contribution is -0.120. The number of amidine groups is 1. The molecule has 0 bridgehead atoms. The highest BCUT2D eigenvalue weighted by Crippen LogP contribution is 2.46. The van der Waals surface area contributed by atoms with Crippen molar-refractivity contribution in [2.75, 3.05) is 0 Å². The van der Waals surface area contributed by atoms with Crippen LogP contribution in [0.3, 0.4) is 0 Å². The van der Waals surface area contributed by atoms with E-state index in [4.69, 9.17) is 0 Å². The van der Waals surface area contributed by atoms with Crippen molar-refractivity contribution in [2.24, 2.45) is 10.4 Å². The molecule has 0 saturated heterocycles. The fraction of sp³-hybridized carbons (Fsp3) is 0.778. The van der Waals surface area contributed by atoms with Gasteiger partial charge in [0, 0.05) is 5.41 Å². The number of aliphatic imine (C=N–C) groups is 1. The average Bonchev–Trinajstić information content (AvgIpc) is 2.65. The summed E-state index contributed by atoms with van der Waals surface area (Å²) in [5.74, 6) is 1.01. The van der Waals surface area contributed by atoms with Gasteiger partial charge in [-0.2, -0.15) is 0 Å². The molecule has 2 aliphatic rings. The van der Waals surface area contributed by atoms with Crippen molar-refractivity contribution in [3.8, 4) is 0 Å². The summed E-state index contributed by atoms with van der Waals surface area (Å²) < 4.78 is 0. The van der Waals surface area contributed by atoms with Crippen molar-refractivity contribution in [1.82, 2.24) is 5.32 Å². The molecule has 1 aliphatic heterocycles. The molecule has 1 saturated carbocycles. The van der Waals surface area contributed by atoms with Crippen LogP contribution >= 0.6 is 0 Å². The molecule has 0 aromatic heterocycles. The number of nitrogens with one attached hydrogen (secondary N) is 1. The van der Waals surface area contributed by atoms with Crippen LogP contribution < -0.4 is 5.32 Å². The maximum absolute atomic E-state index is 11.3. The summed E-state index contributed by atoms with van der Waals surface area (Å²) in [5.41, 5.74) is 0.208. The van der Waals surface area contributed by atoms with Crippen LogP contribution in [-0.2, 0) is 4.79 Å². The van der Waals surface area contributed by atoms with Gasteiger partial charge in [-0.3, -0.25) is 9.79 Å². The van der Waals surface area contributed by atoms with Crippen molar-refractivity contribution in [3.05, 3.63) is 0 Å². The fourth-order valence-corrected chi connectivity index (χ4v) is 1.45. The van der Waals surface area contributed by atoms with Gasteiger partial charge in [0.05, 0.1) is 0 Å². The maximum atomic E-state index is 11.3. The number of nitrogens with zero attached hydrogens (tertiary/aromatic N) is 1. The summed E-state index contributed by atoms with van der Waals surface area (Å²) in [6, 6.07) is -0.113. The standard InChI is InChI=1S/C9H14N2O/c1-3-6-7(12)11-8(10-6)9(2)4-5-9/h6H,3-5H2,1-2H3,(H,10,11,12). The maximum Gasteiger partial charge on any atom is 0.250 e. The third kappa shape index (κ3) is 1.04.